The van der Waals surface area contributed by atoms with Gasteiger partial charge in [0.15, 0.2) is 0 Å². The third-order valence-corrected chi connectivity index (χ3v) is 6.90. The van der Waals surface area contributed by atoms with Crippen LogP contribution in [0.5, 0.6) is 5.75 Å². The fourth-order valence-electron chi connectivity index (χ4n) is 4.50. The molecule has 0 unspecified atom stereocenters. The second kappa shape index (κ2) is 11.0. The number of carbonyl (C=O) groups excluding carboxylic acids is 2. The number of nitro groups is 1. The molecule has 11 heteroatoms. The molecule has 0 saturated carbocycles. The molecule has 2 amide bonds. The van der Waals surface area contributed by atoms with Crippen LogP contribution in [0.25, 0.3) is 10.9 Å². The van der Waals surface area contributed by atoms with Crippen LogP contribution < -0.4 is 15.0 Å². The van der Waals surface area contributed by atoms with Gasteiger partial charge >= 0.3 is 0 Å². The van der Waals surface area contributed by atoms with Gasteiger partial charge in [0.1, 0.15) is 16.5 Å². The molecule has 10 nitrogen and oxygen atoms in total. The minimum Gasteiger partial charge on any atom is -0.496 e. The number of anilines is 2. The number of piperazine rings is 1. The van der Waals surface area contributed by atoms with E-state index in [-0.39, 0.29) is 22.2 Å². The summed E-state index contributed by atoms with van der Waals surface area (Å²) in [5, 5.41) is 14.7. The molecule has 2 heterocycles. The first-order chi connectivity index (χ1) is 18.8. The van der Waals surface area contributed by atoms with E-state index >= 15 is 0 Å². The molecule has 1 aliphatic rings. The van der Waals surface area contributed by atoms with Gasteiger partial charge in [-0.1, -0.05) is 23.7 Å². The van der Waals surface area contributed by atoms with Crippen molar-refractivity contribution in [2.45, 2.75) is 0 Å². The summed E-state index contributed by atoms with van der Waals surface area (Å²) >= 11 is 5.83. The molecule has 0 radical (unpaired) electrons. The van der Waals surface area contributed by atoms with Crippen LogP contribution in [-0.4, -0.2) is 59.9 Å². The van der Waals surface area contributed by atoms with Crippen LogP contribution in [0.2, 0.25) is 5.02 Å². The number of nitrogens with one attached hydrogen (secondary N) is 1. The Morgan fingerprint density at radius 2 is 1.72 bits per heavy atom. The predicted octanol–water partition coefficient (Wildman–Crippen LogP) is 5.02. The molecule has 0 aliphatic carbocycles. The number of nitro benzene ring substituents is 1. The maximum absolute atomic E-state index is 13.2. The number of hydrogen-bond donors (Lipinski definition) is 1. The second-order valence-electron chi connectivity index (χ2n) is 8.93. The van der Waals surface area contributed by atoms with Crippen molar-refractivity contribution >= 4 is 51.4 Å². The molecular formula is C28H24ClN5O5. The van der Waals surface area contributed by atoms with Crippen LogP contribution in [0.3, 0.4) is 0 Å². The average molecular weight is 546 g/mol. The van der Waals surface area contributed by atoms with Crippen LogP contribution in [0.15, 0.2) is 72.8 Å². The molecule has 0 spiro atoms. The molecule has 1 saturated heterocycles. The minimum atomic E-state index is -0.629. The van der Waals surface area contributed by atoms with Crippen LogP contribution in [-0.2, 0) is 0 Å². The summed E-state index contributed by atoms with van der Waals surface area (Å²) in [6.07, 6.45) is 0. The highest BCUT2D eigenvalue weighted by molar-refractivity contribution is 6.32. The number of ether oxygens (including phenoxy) is 1. The number of nitrogens with zero attached hydrogens (tertiary/aromatic N) is 4. The van der Waals surface area contributed by atoms with E-state index in [9.17, 15) is 19.7 Å². The monoisotopic (exact) mass is 545 g/mol. The van der Waals surface area contributed by atoms with Crippen molar-refractivity contribution in [3.63, 3.8) is 0 Å². The molecule has 1 aromatic heterocycles. The summed E-state index contributed by atoms with van der Waals surface area (Å²) in [7, 11) is 1.58. The molecule has 198 valence electrons. The first-order valence-electron chi connectivity index (χ1n) is 12.2. The molecule has 1 fully saturated rings. The summed E-state index contributed by atoms with van der Waals surface area (Å²) in [6.45, 7) is 2.33. The summed E-state index contributed by atoms with van der Waals surface area (Å²) in [5.41, 5.74) is 2.37. The number of aromatic nitrogens is 1. The van der Waals surface area contributed by atoms with Crippen molar-refractivity contribution in [1.82, 2.24) is 9.88 Å². The van der Waals surface area contributed by atoms with Crippen LogP contribution in [0.4, 0.5) is 17.1 Å². The van der Waals surface area contributed by atoms with Gasteiger partial charge in [0.25, 0.3) is 17.5 Å². The molecule has 5 rings (SSSR count). The van der Waals surface area contributed by atoms with Gasteiger partial charge < -0.3 is 19.9 Å². The zero-order valence-electron chi connectivity index (χ0n) is 21.0. The Bertz CT molecular complexity index is 1570. The van der Waals surface area contributed by atoms with E-state index in [1.807, 2.05) is 36.4 Å². The van der Waals surface area contributed by atoms with Crippen molar-refractivity contribution < 1.29 is 19.2 Å². The quantitative estimate of drug-likeness (QED) is 0.267. The average Bonchev–Trinajstić information content (AvgIpc) is 2.96. The van der Waals surface area contributed by atoms with Gasteiger partial charge in [-0.05, 0) is 48.5 Å². The normalized spacial score (nSPS) is 13.3. The molecule has 4 aromatic rings. The van der Waals surface area contributed by atoms with E-state index in [2.05, 4.69) is 15.2 Å². The lowest BCUT2D eigenvalue weighted by Crippen LogP contribution is -2.49. The molecule has 3 aromatic carbocycles. The van der Waals surface area contributed by atoms with E-state index in [0.29, 0.717) is 48.8 Å². The molecular weight excluding hydrogens is 522 g/mol. The number of benzene rings is 3. The van der Waals surface area contributed by atoms with Crippen molar-refractivity contribution in [3.8, 4) is 5.75 Å². The highest BCUT2D eigenvalue weighted by Gasteiger charge is 2.24. The van der Waals surface area contributed by atoms with Gasteiger partial charge in [0.2, 0.25) is 0 Å². The van der Waals surface area contributed by atoms with Crippen molar-refractivity contribution in [3.05, 3.63) is 99.2 Å². The fraction of sp³-hybridized carbons (Fsp3) is 0.179. The first-order valence-corrected chi connectivity index (χ1v) is 12.5. The molecule has 0 atom stereocenters. The van der Waals surface area contributed by atoms with Gasteiger partial charge in [-0.2, -0.15) is 0 Å². The van der Waals surface area contributed by atoms with Crippen LogP contribution in [0.1, 0.15) is 20.8 Å². The van der Waals surface area contributed by atoms with Gasteiger partial charge in [-0.25, -0.2) is 4.98 Å². The van der Waals surface area contributed by atoms with Crippen LogP contribution >= 0.6 is 11.6 Å². The predicted molar refractivity (Wildman–Crippen MR) is 149 cm³/mol. The highest BCUT2D eigenvalue weighted by Crippen LogP contribution is 2.27. The van der Waals surface area contributed by atoms with Crippen molar-refractivity contribution in [2.24, 2.45) is 0 Å². The first kappa shape index (κ1) is 25.9. The number of rotatable bonds is 6. The summed E-state index contributed by atoms with van der Waals surface area (Å²) in [5.74, 6) is -0.00294. The fourth-order valence-corrected chi connectivity index (χ4v) is 4.69. The number of methoxy groups -OCH3 is 1. The summed E-state index contributed by atoms with van der Waals surface area (Å²) in [4.78, 5) is 44.7. The standard InChI is InChI=1S/C28H24ClN5O5/c1-39-26-17-24(31-23-5-3-2-4-21(23)26)28(36)33-14-12-32(13-15-33)20-9-7-19(8-10-20)30-27(35)18-6-11-22(29)25(16-18)34(37)38/h2-11,16-17H,12-15H2,1H3,(H,30,35). The SMILES string of the molecule is COc1cc(C(=O)N2CCN(c3ccc(NC(=O)c4ccc(Cl)c([N+](=O)[O-])c4)cc3)CC2)nc2ccccc12. The molecule has 0 bridgehead atoms. The van der Waals surface area contributed by atoms with Gasteiger partial charge in [-0.3, -0.25) is 19.7 Å². The lowest BCUT2D eigenvalue weighted by atomic mass is 10.1. The highest BCUT2D eigenvalue weighted by atomic mass is 35.5. The van der Waals surface area contributed by atoms with E-state index in [0.717, 1.165) is 17.1 Å². The largest absolute Gasteiger partial charge is 0.496 e. The number of para-hydroxylation sites is 1. The van der Waals surface area contributed by atoms with Gasteiger partial charge in [0.05, 0.1) is 17.5 Å². The smallest absolute Gasteiger partial charge is 0.288 e. The Morgan fingerprint density at radius 3 is 2.41 bits per heavy atom. The topological polar surface area (TPSA) is 118 Å². The number of halogens is 1. The van der Waals surface area contributed by atoms with E-state index in [1.165, 1.54) is 12.1 Å². The number of carbonyl (C=O) groups is 2. The number of amides is 2. The number of hydrogen-bond acceptors (Lipinski definition) is 7. The van der Waals surface area contributed by atoms with E-state index < -0.39 is 10.8 Å². The molecule has 1 aliphatic heterocycles. The number of fused-ring (bicyclic) bond motifs is 1. The second-order valence-corrected chi connectivity index (χ2v) is 9.34. The van der Waals surface area contributed by atoms with Crippen molar-refractivity contribution in [1.29, 1.82) is 0 Å². The Balaban J connectivity index is 1.21. The zero-order valence-corrected chi connectivity index (χ0v) is 21.7. The summed E-state index contributed by atoms with van der Waals surface area (Å²) in [6, 6.07) is 20.4. The minimum absolute atomic E-state index is 0.0315. The Hall–Kier alpha value is -4.70. The summed E-state index contributed by atoms with van der Waals surface area (Å²) < 4.78 is 5.48. The maximum Gasteiger partial charge on any atom is 0.288 e. The van der Waals surface area contributed by atoms with Gasteiger partial charge in [-0.15, -0.1) is 0 Å². The van der Waals surface area contributed by atoms with Crippen molar-refractivity contribution in [2.75, 3.05) is 43.5 Å². The molecule has 1 N–H and O–H groups in total. The third kappa shape index (κ3) is 5.46. The Labute approximate surface area is 228 Å². The molecule has 39 heavy (non-hydrogen) atoms. The number of pyridine rings is 1. The third-order valence-electron chi connectivity index (χ3n) is 6.58. The lowest BCUT2D eigenvalue weighted by Gasteiger charge is -2.36. The Morgan fingerprint density at radius 1 is 1.00 bits per heavy atom. The van der Waals surface area contributed by atoms with E-state index in [4.69, 9.17) is 16.3 Å². The van der Waals surface area contributed by atoms with Gasteiger partial charge in [0, 0.05) is 60.6 Å². The van der Waals surface area contributed by atoms with Crippen LogP contribution in [0, 0.1) is 10.1 Å². The Kier molecular flexibility index (Phi) is 7.29. The lowest BCUT2D eigenvalue weighted by molar-refractivity contribution is -0.384. The zero-order chi connectivity index (χ0) is 27.5. The van der Waals surface area contributed by atoms with E-state index in [1.54, 1.807) is 30.2 Å². The maximum atomic E-state index is 13.2.